The summed E-state index contributed by atoms with van der Waals surface area (Å²) in [6, 6.07) is 6.69. The highest BCUT2D eigenvalue weighted by Crippen LogP contribution is 2.18. The summed E-state index contributed by atoms with van der Waals surface area (Å²) in [5.74, 6) is 1.61. The van der Waals surface area contributed by atoms with Gasteiger partial charge in [-0.05, 0) is 50.5 Å². The van der Waals surface area contributed by atoms with Gasteiger partial charge in [0.1, 0.15) is 18.1 Å². The average Bonchev–Trinajstić information content (AvgIpc) is 2.90. The molecule has 1 amide bonds. The summed E-state index contributed by atoms with van der Waals surface area (Å²) < 4.78 is 10.8. The highest BCUT2D eigenvalue weighted by Gasteiger charge is 2.15. The van der Waals surface area contributed by atoms with Crippen molar-refractivity contribution in [1.29, 1.82) is 0 Å². The SMILES string of the molecule is Cc1noc(C)c1COc1ccc(C(=O)NC(CO)CC(C)C)cc1. The van der Waals surface area contributed by atoms with Crippen molar-refractivity contribution in [3.63, 3.8) is 0 Å². The van der Waals surface area contributed by atoms with E-state index in [9.17, 15) is 9.90 Å². The van der Waals surface area contributed by atoms with Crippen LogP contribution < -0.4 is 10.1 Å². The number of aromatic nitrogens is 1. The first kappa shape index (κ1) is 19.0. The van der Waals surface area contributed by atoms with Gasteiger partial charge < -0.3 is 19.7 Å². The highest BCUT2D eigenvalue weighted by atomic mass is 16.5. The first-order valence-electron chi connectivity index (χ1n) is 8.47. The molecule has 0 spiro atoms. The van der Waals surface area contributed by atoms with Crippen molar-refractivity contribution in [3.05, 3.63) is 46.8 Å². The van der Waals surface area contributed by atoms with Crippen LogP contribution in [0.2, 0.25) is 0 Å². The van der Waals surface area contributed by atoms with Crippen LogP contribution in [0.4, 0.5) is 0 Å². The van der Waals surface area contributed by atoms with E-state index >= 15 is 0 Å². The fourth-order valence-corrected chi connectivity index (χ4v) is 2.58. The largest absolute Gasteiger partial charge is 0.489 e. The maximum Gasteiger partial charge on any atom is 0.251 e. The van der Waals surface area contributed by atoms with Crippen molar-refractivity contribution in [3.8, 4) is 5.75 Å². The molecule has 0 aliphatic heterocycles. The maximum absolute atomic E-state index is 12.3. The van der Waals surface area contributed by atoms with Crippen LogP contribution in [0, 0.1) is 19.8 Å². The molecule has 0 aliphatic carbocycles. The fraction of sp³-hybridized carbons (Fsp3) is 0.474. The number of benzene rings is 1. The molecule has 6 heteroatoms. The molecule has 0 aliphatic rings. The summed E-state index contributed by atoms with van der Waals surface area (Å²) >= 11 is 0. The molecule has 0 fully saturated rings. The van der Waals surface area contributed by atoms with Crippen LogP contribution in [0.3, 0.4) is 0 Å². The number of hydrogen-bond donors (Lipinski definition) is 2. The third kappa shape index (κ3) is 5.32. The first-order valence-corrected chi connectivity index (χ1v) is 8.47. The molecular formula is C19H26N2O4. The van der Waals surface area contributed by atoms with Crippen molar-refractivity contribution in [2.75, 3.05) is 6.61 Å². The number of nitrogens with one attached hydrogen (secondary N) is 1. The molecule has 0 bridgehead atoms. The molecular weight excluding hydrogens is 320 g/mol. The molecule has 2 N–H and O–H groups in total. The Kier molecular flexibility index (Phi) is 6.58. The molecule has 1 unspecified atom stereocenters. The number of carbonyl (C=O) groups excluding carboxylic acids is 1. The number of aliphatic hydroxyl groups excluding tert-OH is 1. The molecule has 1 aromatic heterocycles. The normalized spacial score (nSPS) is 12.2. The second-order valence-electron chi connectivity index (χ2n) is 6.60. The van der Waals surface area contributed by atoms with Crippen molar-refractivity contribution in [1.82, 2.24) is 10.5 Å². The van der Waals surface area contributed by atoms with E-state index in [0.717, 1.165) is 23.4 Å². The topological polar surface area (TPSA) is 84.6 Å². The smallest absolute Gasteiger partial charge is 0.251 e. The van der Waals surface area contributed by atoms with Gasteiger partial charge in [0.25, 0.3) is 5.91 Å². The molecule has 25 heavy (non-hydrogen) atoms. The average molecular weight is 346 g/mol. The highest BCUT2D eigenvalue weighted by molar-refractivity contribution is 5.94. The maximum atomic E-state index is 12.3. The van der Waals surface area contributed by atoms with Crippen LogP contribution in [-0.2, 0) is 6.61 Å². The van der Waals surface area contributed by atoms with Gasteiger partial charge >= 0.3 is 0 Å². The molecule has 2 aromatic rings. The van der Waals surface area contributed by atoms with Crippen molar-refractivity contribution >= 4 is 5.91 Å². The Morgan fingerprint density at radius 1 is 1.28 bits per heavy atom. The monoisotopic (exact) mass is 346 g/mol. The third-order valence-electron chi connectivity index (χ3n) is 3.99. The number of amides is 1. The fourth-order valence-electron chi connectivity index (χ4n) is 2.58. The van der Waals surface area contributed by atoms with Gasteiger partial charge in [0, 0.05) is 5.56 Å². The lowest BCUT2D eigenvalue weighted by molar-refractivity contribution is 0.0908. The molecule has 0 saturated heterocycles. The molecule has 1 heterocycles. The predicted octanol–water partition coefficient (Wildman–Crippen LogP) is 3.01. The van der Waals surface area contributed by atoms with E-state index in [2.05, 4.69) is 24.3 Å². The van der Waals surface area contributed by atoms with E-state index < -0.39 is 0 Å². The molecule has 1 aromatic carbocycles. The number of aliphatic hydroxyl groups is 1. The van der Waals surface area contributed by atoms with Gasteiger partial charge in [-0.1, -0.05) is 19.0 Å². The van der Waals surface area contributed by atoms with E-state index in [1.807, 2.05) is 13.8 Å². The van der Waals surface area contributed by atoms with Crippen molar-refractivity contribution in [2.45, 2.75) is 46.8 Å². The Balaban J connectivity index is 1.93. The molecule has 0 saturated carbocycles. The van der Waals surface area contributed by atoms with Gasteiger partial charge in [-0.3, -0.25) is 4.79 Å². The zero-order chi connectivity index (χ0) is 18.4. The number of rotatable bonds is 8. The van der Waals surface area contributed by atoms with Crippen LogP contribution in [0.25, 0.3) is 0 Å². The zero-order valence-electron chi connectivity index (χ0n) is 15.2. The number of nitrogens with zero attached hydrogens (tertiary/aromatic N) is 1. The number of aryl methyl sites for hydroxylation is 2. The van der Waals surface area contributed by atoms with Crippen LogP contribution >= 0.6 is 0 Å². The minimum absolute atomic E-state index is 0.0669. The standard InChI is InChI=1S/C19H26N2O4/c1-12(2)9-16(10-22)20-19(23)15-5-7-17(8-6-15)24-11-18-13(3)21-25-14(18)4/h5-8,12,16,22H,9-11H2,1-4H3,(H,20,23). The van der Waals surface area contributed by atoms with Gasteiger partial charge in [0.2, 0.25) is 0 Å². The van der Waals surface area contributed by atoms with Crippen LogP contribution in [-0.4, -0.2) is 28.8 Å². The quantitative estimate of drug-likeness (QED) is 0.767. The Bertz CT molecular complexity index is 672. The lowest BCUT2D eigenvalue weighted by Gasteiger charge is -2.18. The number of ether oxygens (including phenoxy) is 1. The molecule has 6 nitrogen and oxygen atoms in total. The second-order valence-corrected chi connectivity index (χ2v) is 6.60. The summed E-state index contributed by atoms with van der Waals surface area (Å²) in [4.78, 5) is 12.3. The molecule has 136 valence electrons. The molecule has 1 atom stereocenters. The molecule has 0 radical (unpaired) electrons. The van der Waals surface area contributed by atoms with Crippen molar-refractivity contribution in [2.24, 2.45) is 5.92 Å². The minimum atomic E-state index is -0.233. The first-order chi connectivity index (χ1) is 11.9. The van der Waals surface area contributed by atoms with Gasteiger partial charge in [0.15, 0.2) is 0 Å². The van der Waals surface area contributed by atoms with E-state index in [0.29, 0.717) is 23.8 Å². The second kappa shape index (κ2) is 8.67. The Hall–Kier alpha value is -2.34. The van der Waals surface area contributed by atoms with Crippen molar-refractivity contribution < 1.29 is 19.2 Å². The van der Waals surface area contributed by atoms with Gasteiger partial charge in [0.05, 0.1) is 23.9 Å². The Labute approximate surface area is 148 Å². The third-order valence-corrected chi connectivity index (χ3v) is 3.99. The predicted molar refractivity (Wildman–Crippen MR) is 94.5 cm³/mol. The lowest BCUT2D eigenvalue weighted by Crippen LogP contribution is -2.38. The van der Waals surface area contributed by atoms with E-state index in [4.69, 9.17) is 9.26 Å². The van der Waals surface area contributed by atoms with Crippen LogP contribution in [0.1, 0.15) is 47.6 Å². The van der Waals surface area contributed by atoms with E-state index in [-0.39, 0.29) is 18.6 Å². The Morgan fingerprint density at radius 2 is 1.96 bits per heavy atom. The van der Waals surface area contributed by atoms with E-state index in [1.54, 1.807) is 24.3 Å². The summed E-state index contributed by atoms with van der Waals surface area (Å²) in [5, 5.41) is 16.1. The summed E-state index contributed by atoms with van der Waals surface area (Å²) in [6.07, 6.45) is 0.737. The Morgan fingerprint density at radius 3 is 2.48 bits per heavy atom. The minimum Gasteiger partial charge on any atom is -0.489 e. The summed E-state index contributed by atoms with van der Waals surface area (Å²) in [5.41, 5.74) is 2.28. The van der Waals surface area contributed by atoms with Gasteiger partial charge in [-0.15, -0.1) is 0 Å². The van der Waals surface area contributed by atoms with E-state index in [1.165, 1.54) is 0 Å². The molecule has 2 rings (SSSR count). The van der Waals surface area contributed by atoms with Gasteiger partial charge in [-0.2, -0.15) is 0 Å². The summed E-state index contributed by atoms with van der Waals surface area (Å²) in [6.45, 7) is 8.13. The van der Waals surface area contributed by atoms with Crippen LogP contribution in [0.5, 0.6) is 5.75 Å². The zero-order valence-corrected chi connectivity index (χ0v) is 15.2. The summed E-state index contributed by atoms with van der Waals surface area (Å²) in [7, 11) is 0. The lowest BCUT2D eigenvalue weighted by atomic mass is 10.0. The number of hydrogen-bond acceptors (Lipinski definition) is 5. The van der Waals surface area contributed by atoms with Gasteiger partial charge in [-0.25, -0.2) is 0 Å². The number of carbonyl (C=O) groups is 1. The van der Waals surface area contributed by atoms with Crippen LogP contribution in [0.15, 0.2) is 28.8 Å².